The molecule has 0 atom stereocenters. The van der Waals surface area contributed by atoms with Crippen LogP contribution < -0.4 is 15.5 Å². The zero-order chi connectivity index (χ0) is 21.6. The quantitative estimate of drug-likeness (QED) is 0.521. The van der Waals surface area contributed by atoms with Crippen molar-refractivity contribution < 1.29 is 4.79 Å². The third-order valence-corrected chi connectivity index (χ3v) is 5.96. The van der Waals surface area contributed by atoms with Crippen LogP contribution in [-0.4, -0.2) is 24.1 Å². The molecule has 31 heavy (non-hydrogen) atoms. The third-order valence-electron chi connectivity index (χ3n) is 5.76. The van der Waals surface area contributed by atoms with Gasteiger partial charge in [-0.05, 0) is 78.5 Å². The fourth-order valence-electron chi connectivity index (χ4n) is 3.80. The largest absolute Gasteiger partial charge is 0.372 e. The molecule has 0 radical (unpaired) electrons. The van der Waals surface area contributed by atoms with Gasteiger partial charge in [0.1, 0.15) is 0 Å². The molecule has 1 saturated heterocycles. The van der Waals surface area contributed by atoms with Crippen LogP contribution in [0.4, 0.5) is 11.4 Å². The third kappa shape index (κ3) is 5.50. The number of benzene rings is 3. The Hall–Kier alpha value is -3.18. The first-order valence-electron chi connectivity index (χ1n) is 10.7. The summed E-state index contributed by atoms with van der Waals surface area (Å²) in [4.78, 5) is 15.0. The van der Waals surface area contributed by atoms with Crippen LogP contribution >= 0.6 is 12.2 Å². The van der Waals surface area contributed by atoms with E-state index in [1.54, 1.807) is 0 Å². The molecule has 0 aliphatic carbocycles. The molecule has 0 bridgehead atoms. The number of carbonyl (C=O) groups is 1. The maximum atomic E-state index is 12.5. The summed E-state index contributed by atoms with van der Waals surface area (Å²) in [5.41, 5.74) is 4.85. The molecule has 1 aliphatic rings. The smallest absolute Gasteiger partial charge is 0.257 e. The van der Waals surface area contributed by atoms with E-state index in [0.29, 0.717) is 5.56 Å². The van der Waals surface area contributed by atoms with Gasteiger partial charge in [0.25, 0.3) is 5.91 Å². The minimum absolute atomic E-state index is 0.226. The molecule has 4 rings (SSSR count). The fourth-order valence-corrected chi connectivity index (χ4v) is 4.02. The Morgan fingerprint density at radius 1 is 0.871 bits per heavy atom. The van der Waals surface area contributed by atoms with Gasteiger partial charge in [0.05, 0.1) is 0 Å². The van der Waals surface area contributed by atoms with E-state index in [4.69, 9.17) is 12.2 Å². The van der Waals surface area contributed by atoms with E-state index < -0.39 is 0 Å². The summed E-state index contributed by atoms with van der Waals surface area (Å²) < 4.78 is 0. The molecule has 1 heterocycles. The highest BCUT2D eigenvalue weighted by Crippen LogP contribution is 2.24. The summed E-state index contributed by atoms with van der Waals surface area (Å²) in [6, 6.07) is 25.8. The Kier molecular flexibility index (Phi) is 6.63. The van der Waals surface area contributed by atoms with Crippen LogP contribution in [0.15, 0.2) is 78.9 Å². The highest BCUT2D eigenvalue weighted by atomic mass is 32.1. The summed E-state index contributed by atoms with van der Waals surface area (Å²) >= 11 is 5.33. The maximum absolute atomic E-state index is 12.5. The van der Waals surface area contributed by atoms with Crippen molar-refractivity contribution in [1.82, 2.24) is 5.32 Å². The molecule has 158 valence electrons. The number of thiocarbonyl (C=S) groups is 1. The highest BCUT2D eigenvalue weighted by molar-refractivity contribution is 7.80. The maximum Gasteiger partial charge on any atom is 0.257 e. The first kappa shape index (κ1) is 21.1. The van der Waals surface area contributed by atoms with Crippen molar-refractivity contribution in [1.29, 1.82) is 0 Å². The van der Waals surface area contributed by atoms with Crippen molar-refractivity contribution in [2.75, 3.05) is 23.3 Å². The number of nitrogens with zero attached hydrogens (tertiary/aromatic N) is 1. The van der Waals surface area contributed by atoms with Crippen molar-refractivity contribution in [3.05, 3.63) is 84.4 Å². The van der Waals surface area contributed by atoms with Gasteiger partial charge in [0.2, 0.25) is 0 Å². The fraction of sp³-hybridized carbons (Fsp3) is 0.231. The number of carbonyl (C=O) groups excluding carboxylic acids is 1. The molecule has 5 heteroatoms. The lowest BCUT2D eigenvalue weighted by Gasteiger charge is -2.32. The van der Waals surface area contributed by atoms with Gasteiger partial charge in [-0.15, -0.1) is 0 Å². The zero-order valence-electron chi connectivity index (χ0n) is 17.7. The standard InChI is InChI=1S/C26H27N3OS/c1-19-15-17-29(18-16-19)24-13-11-23(12-14-24)27-26(31)28-25(30)22-9-7-21(8-10-22)20-5-3-2-4-6-20/h2-14,19H,15-18H2,1H3,(H2,27,28,30,31). The molecule has 3 aromatic carbocycles. The molecule has 2 N–H and O–H groups in total. The summed E-state index contributed by atoms with van der Waals surface area (Å²) in [5, 5.41) is 6.14. The number of nitrogens with one attached hydrogen (secondary N) is 2. The lowest BCUT2D eigenvalue weighted by atomic mass is 9.99. The molecule has 1 amide bonds. The minimum atomic E-state index is -0.226. The van der Waals surface area contributed by atoms with Crippen LogP contribution in [0.1, 0.15) is 30.1 Å². The van der Waals surface area contributed by atoms with Crippen LogP contribution in [0.5, 0.6) is 0 Å². The second kappa shape index (κ2) is 9.75. The van der Waals surface area contributed by atoms with Crippen LogP contribution in [0.25, 0.3) is 11.1 Å². The van der Waals surface area contributed by atoms with E-state index in [-0.39, 0.29) is 11.0 Å². The number of rotatable bonds is 4. The van der Waals surface area contributed by atoms with Gasteiger partial charge >= 0.3 is 0 Å². The van der Waals surface area contributed by atoms with E-state index in [0.717, 1.165) is 35.8 Å². The van der Waals surface area contributed by atoms with E-state index in [1.807, 2.05) is 66.7 Å². The number of amides is 1. The summed E-state index contributed by atoms with van der Waals surface area (Å²) in [7, 11) is 0. The second-order valence-electron chi connectivity index (χ2n) is 8.07. The Balaban J connectivity index is 1.31. The van der Waals surface area contributed by atoms with Crippen molar-refractivity contribution in [3.63, 3.8) is 0 Å². The van der Waals surface area contributed by atoms with Gasteiger partial charge in [0.15, 0.2) is 5.11 Å². The minimum Gasteiger partial charge on any atom is -0.372 e. The van der Waals surface area contributed by atoms with Gasteiger partial charge < -0.3 is 10.2 Å². The lowest BCUT2D eigenvalue weighted by molar-refractivity contribution is 0.0978. The van der Waals surface area contributed by atoms with Crippen LogP contribution in [0.2, 0.25) is 0 Å². The highest BCUT2D eigenvalue weighted by Gasteiger charge is 2.16. The average molecular weight is 430 g/mol. The number of anilines is 2. The average Bonchev–Trinajstić information content (AvgIpc) is 2.81. The molecule has 0 unspecified atom stereocenters. The van der Waals surface area contributed by atoms with Gasteiger partial charge in [-0.25, -0.2) is 0 Å². The zero-order valence-corrected chi connectivity index (χ0v) is 18.5. The lowest BCUT2D eigenvalue weighted by Crippen LogP contribution is -2.34. The SMILES string of the molecule is CC1CCN(c2ccc(NC(=S)NC(=O)c3ccc(-c4ccccc4)cc3)cc2)CC1. The molecular formula is C26H27N3OS. The summed E-state index contributed by atoms with van der Waals surface area (Å²) in [6.07, 6.45) is 2.48. The molecule has 0 aromatic heterocycles. The van der Waals surface area contributed by atoms with E-state index in [2.05, 4.69) is 34.6 Å². The number of hydrogen-bond donors (Lipinski definition) is 2. The van der Waals surface area contributed by atoms with Gasteiger partial charge in [-0.1, -0.05) is 49.4 Å². The van der Waals surface area contributed by atoms with Crippen molar-refractivity contribution >= 4 is 34.6 Å². The predicted octanol–water partition coefficient (Wildman–Crippen LogP) is 5.72. The van der Waals surface area contributed by atoms with Gasteiger partial charge in [0, 0.05) is 30.0 Å². The van der Waals surface area contributed by atoms with E-state index in [9.17, 15) is 4.79 Å². The van der Waals surface area contributed by atoms with Crippen LogP contribution in [0, 0.1) is 5.92 Å². The first-order chi connectivity index (χ1) is 15.1. The van der Waals surface area contributed by atoms with E-state index >= 15 is 0 Å². The van der Waals surface area contributed by atoms with E-state index in [1.165, 1.54) is 18.5 Å². The topological polar surface area (TPSA) is 44.4 Å². The normalized spacial score (nSPS) is 14.2. The van der Waals surface area contributed by atoms with Crippen molar-refractivity contribution in [2.24, 2.45) is 5.92 Å². The Morgan fingerprint density at radius 3 is 2.13 bits per heavy atom. The molecule has 1 aliphatic heterocycles. The Bertz CT molecular complexity index is 1020. The number of piperidine rings is 1. The molecule has 1 fully saturated rings. The molecular weight excluding hydrogens is 402 g/mol. The number of hydrogen-bond acceptors (Lipinski definition) is 3. The summed E-state index contributed by atoms with van der Waals surface area (Å²) in [5.74, 6) is 0.587. The predicted molar refractivity (Wildman–Crippen MR) is 133 cm³/mol. The van der Waals surface area contributed by atoms with Crippen LogP contribution in [0.3, 0.4) is 0 Å². The monoisotopic (exact) mass is 429 g/mol. The van der Waals surface area contributed by atoms with Crippen molar-refractivity contribution in [3.8, 4) is 11.1 Å². The second-order valence-corrected chi connectivity index (χ2v) is 8.48. The van der Waals surface area contributed by atoms with Gasteiger partial charge in [-0.3, -0.25) is 10.1 Å². The molecule has 0 saturated carbocycles. The first-order valence-corrected chi connectivity index (χ1v) is 11.1. The molecule has 3 aromatic rings. The van der Waals surface area contributed by atoms with Gasteiger partial charge in [-0.2, -0.15) is 0 Å². The Labute approximate surface area is 189 Å². The Morgan fingerprint density at radius 2 is 1.48 bits per heavy atom. The molecule has 4 nitrogen and oxygen atoms in total. The summed E-state index contributed by atoms with van der Waals surface area (Å²) in [6.45, 7) is 4.52. The van der Waals surface area contributed by atoms with Crippen molar-refractivity contribution in [2.45, 2.75) is 19.8 Å². The molecule has 0 spiro atoms. The van der Waals surface area contributed by atoms with Crippen LogP contribution in [-0.2, 0) is 0 Å².